The highest BCUT2D eigenvalue weighted by Gasteiger charge is 2.38. The molecular formula is C14H16N4O2S. The van der Waals surface area contributed by atoms with Crippen LogP contribution in [0.4, 0.5) is 0 Å². The second-order valence-corrected chi connectivity index (χ2v) is 6.25. The lowest BCUT2D eigenvalue weighted by Gasteiger charge is -2.26. The van der Waals surface area contributed by atoms with E-state index in [4.69, 9.17) is 0 Å². The van der Waals surface area contributed by atoms with E-state index in [1.807, 2.05) is 24.3 Å². The van der Waals surface area contributed by atoms with Gasteiger partial charge in [0.1, 0.15) is 0 Å². The summed E-state index contributed by atoms with van der Waals surface area (Å²) in [6.45, 7) is 3.39. The molecule has 0 unspecified atom stereocenters. The molecule has 0 bridgehead atoms. The van der Waals surface area contributed by atoms with Crippen LogP contribution in [0.25, 0.3) is 11.0 Å². The summed E-state index contributed by atoms with van der Waals surface area (Å²) in [6, 6.07) is 7.70. The van der Waals surface area contributed by atoms with E-state index in [0.717, 1.165) is 21.8 Å². The number of fused-ring (bicyclic) bond motifs is 1. The molecule has 1 aliphatic heterocycles. The summed E-state index contributed by atoms with van der Waals surface area (Å²) in [5, 5.41) is 16.1. The van der Waals surface area contributed by atoms with Crippen LogP contribution < -0.4 is 0 Å². The first-order chi connectivity index (χ1) is 9.95. The summed E-state index contributed by atoms with van der Waals surface area (Å²) in [5.41, 5.74) is 1.33. The van der Waals surface area contributed by atoms with Crippen molar-refractivity contribution in [1.29, 1.82) is 0 Å². The lowest BCUT2D eigenvalue weighted by Crippen LogP contribution is -2.44. The molecule has 21 heavy (non-hydrogen) atoms. The van der Waals surface area contributed by atoms with Crippen LogP contribution in [0.5, 0.6) is 0 Å². The van der Waals surface area contributed by atoms with E-state index in [9.17, 15) is 9.90 Å². The smallest absolute Gasteiger partial charge is 0.255 e. The number of carbonyl (C=O) groups is 1. The van der Waals surface area contributed by atoms with Gasteiger partial charge in [-0.2, -0.15) is 5.10 Å². The molecule has 6 nitrogen and oxygen atoms in total. The minimum absolute atomic E-state index is 0.173. The summed E-state index contributed by atoms with van der Waals surface area (Å²) in [4.78, 5) is 19.7. The molecule has 110 valence electrons. The van der Waals surface area contributed by atoms with E-state index in [1.165, 1.54) is 11.8 Å². The Morgan fingerprint density at radius 2 is 2.29 bits per heavy atom. The standard InChI is InChI=1S/C14H16N4O2S/c1-9-7-14(2,20)18(17-9)12(19)8-21-13-15-10-5-3-4-6-11(10)16-13/h3-6,20H,7-8H2,1-2H3,(H,15,16)/t14-/m1/s1. The first-order valence-electron chi connectivity index (χ1n) is 6.63. The zero-order valence-electron chi connectivity index (χ0n) is 11.8. The van der Waals surface area contributed by atoms with Crippen molar-refractivity contribution in [2.24, 2.45) is 5.10 Å². The summed E-state index contributed by atoms with van der Waals surface area (Å²) < 4.78 is 0. The Balaban J connectivity index is 1.68. The van der Waals surface area contributed by atoms with Crippen LogP contribution in [-0.4, -0.2) is 43.2 Å². The van der Waals surface area contributed by atoms with E-state index in [2.05, 4.69) is 15.1 Å². The Kier molecular flexibility index (Phi) is 3.46. The molecule has 0 radical (unpaired) electrons. The summed E-state index contributed by atoms with van der Waals surface area (Å²) in [5.74, 6) is -0.0606. The molecule has 1 aliphatic rings. The molecule has 0 aliphatic carbocycles. The number of imidazole rings is 1. The zero-order valence-corrected chi connectivity index (χ0v) is 12.6. The maximum atomic E-state index is 12.2. The largest absolute Gasteiger partial charge is 0.369 e. The fourth-order valence-electron chi connectivity index (χ4n) is 2.39. The van der Waals surface area contributed by atoms with Gasteiger partial charge in [-0.05, 0) is 26.0 Å². The lowest BCUT2D eigenvalue weighted by atomic mass is 10.1. The van der Waals surface area contributed by atoms with Crippen LogP contribution in [0, 0.1) is 0 Å². The molecular weight excluding hydrogens is 288 g/mol. The molecule has 2 N–H and O–H groups in total. The van der Waals surface area contributed by atoms with E-state index < -0.39 is 5.72 Å². The molecule has 7 heteroatoms. The van der Waals surface area contributed by atoms with Gasteiger partial charge in [-0.1, -0.05) is 23.9 Å². The number of rotatable bonds is 3. The second-order valence-electron chi connectivity index (χ2n) is 5.28. The van der Waals surface area contributed by atoms with Gasteiger partial charge in [0.15, 0.2) is 10.9 Å². The summed E-state index contributed by atoms with van der Waals surface area (Å²) in [6.07, 6.45) is 0.383. The molecule has 3 rings (SSSR count). The van der Waals surface area contributed by atoms with Crippen molar-refractivity contribution < 1.29 is 9.90 Å². The van der Waals surface area contributed by atoms with Gasteiger partial charge in [-0.15, -0.1) is 0 Å². The van der Waals surface area contributed by atoms with Crippen molar-refractivity contribution in [3.8, 4) is 0 Å². The number of benzene rings is 1. The predicted octanol–water partition coefficient (Wildman–Crippen LogP) is 1.97. The molecule has 2 heterocycles. The number of hydrogen-bond donors (Lipinski definition) is 2. The average Bonchev–Trinajstić information content (AvgIpc) is 2.95. The van der Waals surface area contributed by atoms with Gasteiger partial charge in [0.2, 0.25) is 0 Å². The quantitative estimate of drug-likeness (QED) is 0.849. The van der Waals surface area contributed by atoms with E-state index in [1.54, 1.807) is 13.8 Å². The topological polar surface area (TPSA) is 81.6 Å². The third-order valence-corrected chi connectivity index (χ3v) is 4.11. The molecule has 1 aromatic carbocycles. The predicted molar refractivity (Wildman–Crippen MR) is 82.0 cm³/mol. The Labute approximate surface area is 126 Å². The van der Waals surface area contributed by atoms with Crippen molar-refractivity contribution in [2.75, 3.05) is 5.75 Å². The highest BCUT2D eigenvalue weighted by Crippen LogP contribution is 2.26. The Morgan fingerprint density at radius 1 is 1.52 bits per heavy atom. The first kappa shape index (κ1) is 14.1. The maximum Gasteiger partial charge on any atom is 0.255 e. The number of hydrogen-bond acceptors (Lipinski definition) is 5. The molecule has 1 atom stereocenters. The number of nitrogens with zero attached hydrogens (tertiary/aromatic N) is 3. The third-order valence-electron chi connectivity index (χ3n) is 3.25. The highest BCUT2D eigenvalue weighted by atomic mass is 32.2. The monoisotopic (exact) mass is 304 g/mol. The average molecular weight is 304 g/mol. The minimum atomic E-state index is -1.23. The molecule has 0 saturated carbocycles. The maximum absolute atomic E-state index is 12.2. The lowest BCUT2D eigenvalue weighted by molar-refractivity contribution is -0.148. The zero-order chi connectivity index (χ0) is 15.0. The van der Waals surface area contributed by atoms with Crippen molar-refractivity contribution in [3.05, 3.63) is 24.3 Å². The normalized spacial score (nSPS) is 21.9. The van der Waals surface area contributed by atoms with Gasteiger partial charge in [0, 0.05) is 12.1 Å². The van der Waals surface area contributed by atoms with Crippen LogP contribution in [0.1, 0.15) is 20.3 Å². The van der Waals surface area contributed by atoms with Crippen molar-refractivity contribution in [2.45, 2.75) is 31.1 Å². The van der Waals surface area contributed by atoms with Gasteiger partial charge in [-0.3, -0.25) is 4.79 Å². The van der Waals surface area contributed by atoms with E-state index in [0.29, 0.717) is 11.6 Å². The molecule has 1 aromatic heterocycles. The van der Waals surface area contributed by atoms with E-state index in [-0.39, 0.29) is 11.7 Å². The van der Waals surface area contributed by atoms with E-state index >= 15 is 0 Å². The van der Waals surface area contributed by atoms with Crippen molar-refractivity contribution in [1.82, 2.24) is 15.0 Å². The number of thioether (sulfide) groups is 1. The fraction of sp³-hybridized carbons (Fsp3) is 0.357. The number of carbonyl (C=O) groups excluding carboxylic acids is 1. The summed E-state index contributed by atoms with van der Waals surface area (Å²) >= 11 is 1.30. The van der Waals surface area contributed by atoms with Gasteiger partial charge >= 0.3 is 0 Å². The Hall–Kier alpha value is -1.86. The third kappa shape index (κ3) is 2.79. The molecule has 0 spiro atoms. The van der Waals surface area contributed by atoms with Crippen LogP contribution in [-0.2, 0) is 4.79 Å². The van der Waals surface area contributed by atoms with Crippen LogP contribution in [0.2, 0.25) is 0 Å². The SMILES string of the molecule is CC1=NN(C(=O)CSc2nc3ccccc3[nH]2)[C@](C)(O)C1. The Morgan fingerprint density at radius 3 is 2.95 bits per heavy atom. The number of H-pyrrole nitrogens is 1. The number of nitrogens with one attached hydrogen (secondary N) is 1. The van der Waals surface area contributed by atoms with Crippen LogP contribution in [0.3, 0.4) is 0 Å². The van der Waals surface area contributed by atoms with Crippen LogP contribution in [0.15, 0.2) is 34.5 Å². The number of aromatic amines is 1. The van der Waals surface area contributed by atoms with Gasteiger partial charge in [-0.25, -0.2) is 9.99 Å². The highest BCUT2D eigenvalue weighted by molar-refractivity contribution is 7.99. The van der Waals surface area contributed by atoms with Gasteiger partial charge in [0.25, 0.3) is 5.91 Å². The molecule has 2 aromatic rings. The first-order valence-corrected chi connectivity index (χ1v) is 7.61. The molecule has 0 fully saturated rings. The Bertz CT molecular complexity index is 690. The van der Waals surface area contributed by atoms with Gasteiger partial charge < -0.3 is 10.1 Å². The molecule has 1 amide bonds. The number of para-hydroxylation sites is 2. The number of aromatic nitrogens is 2. The fourth-order valence-corrected chi connectivity index (χ4v) is 3.11. The van der Waals surface area contributed by atoms with Gasteiger partial charge in [0.05, 0.1) is 16.8 Å². The minimum Gasteiger partial charge on any atom is -0.369 e. The van der Waals surface area contributed by atoms with Crippen molar-refractivity contribution in [3.63, 3.8) is 0 Å². The molecule has 0 saturated heterocycles. The van der Waals surface area contributed by atoms with Crippen molar-refractivity contribution >= 4 is 34.4 Å². The van der Waals surface area contributed by atoms with Crippen LogP contribution >= 0.6 is 11.8 Å². The summed E-state index contributed by atoms with van der Waals surface area (Å²) in [7, 11) is 0. The number of aliphatic hydroxyl groups is 1. The number of amides is 1. The second kappa shape index (κ2) is 5.16. The number of hydrazone groups is 1.